The number of aliphatic hydroxyl groups is 2. The van der Waals surface area contributed by atoms with Crippen LogP contribution in [0.2, 0.25) is 5.02 Å². The number of ether oxygens (including phenoxy) is 3. The van der Waals surface area contributed by atoms with Gasteiger partial charge in [-0.05, 0) is 29.3 Å². The van der Waals surface area contributed by atoms with E-state index < -0.39 is 33.4 Å². The molecule has 0 radical (unpaired) electrons. The molecule has 2 aliphatic rings. The first kappa shape index (κ1) is 26.2. The number of pyridine rings is 1. The zero-order chi connectivity index (χ0) is 27.1. The third kappa shape index (κ3) is 5.13. The smallest absolute Gasteiger partial charge is 0.296 e. The predicted molar refractivity (Wildman–Crippen MR) is 143 cm³/mol. The number of rotatable bonds is 7. The predicted octanol–water partition coefficient (Wildman–Crippen LogP) is 3.01. The van der Waals surface area contributed by atoms with E-state index in [0.29, 0.717) is 33.2 Å². The van der Waals surface area contributed by atoms with Crippen LogP contribution in [0.5, 0.6) is 6.01 Å². The topological polar surface area (TPSA) is 144 Å². The van der Waals surface area contributed by atoms with Gasteiger partial charge in [-0.2, -0.15) is 4.98 Å². The van der Waals surface area contributed by atoms with Crippen LogP contribution in [0, 0.1) is 0 Å². The van der Waals surface area contributed by atoms with Gasteiger partial charge in [0.1, 0.15) is 17.5 Å². The fraction of sp³-hybridized carbons (Fsp3) is 0.333. The van der Waals surface area contributed by atoms with Crippen molar-refractivity contribution < 1.29 is 32.8 Å². The number of nitrogens with zero attached hydrogens (tertiary/aromatic N) is 2. The molecule has 3 atom stereocenters. The molecule has 2 aromatic heterocycles. The maximum absolute atomic E-state index is 12.6. The van der Waals surface area contributed by atoms with Gasteiger partial charge in [-0.15, -0.1) is 0 Å². The molecule has 4 aromatic rings. The number of imidazole rings is 1. The van der Waals surface area contributed by atoms with E-state index >= 15 is 0 Å². The van der Waals surface area contributed by atoms with Crippen molar-refractivity contribution in [2.24, 2.45) is 0 Å². The second-order valence-electron chi connectivity index (χ2n) is 9.64. The number of sulfone groups is 1. The molecule has 0 aliphatic carbocycles. The highest BCUT2D eigenvalue weighted by molar-refractivity contribution is 7.92. The van der Waals surface area contributed by atoms with Crippen molar-refractivity contribution in [2.75, 3.05) is 26.4 Å². The van der Waals surface area contributed by atoms with Gasteiger partial charge in [0.05, 0.1) is 53.7 Å². The van der Waals surface area contributed by atoms with Crippen LogP contribution in [0.4, 0.5) is 0 Å². The Bertz CT molecular complexity index is 1590. The van der Waals surface area contributed by atoms with E-state index in [0.717, 1.165) is 16.7 Å². The largest absolute Gasteiger partial charge is 0.459 e. The molecule has 0 saturated carbocycles. The summed E-state index contributed by atoms with van der Waals surface area (Å²) in [5, 5.41) is 19.3. The Morgan fingerprint density at radius 1 is 1.00 bits per heavy atom. The molecule has 204 valence electrons. The average molecular weight is 572 g/mol. The molecule has 12 heteroatoms. The minimum atomic E-state index is -3.37. The SMILES string of the molecule is O=S(=O)(c1ccc(-c2ccc(-c3nc4nc(O[C@H]5COC(CO)[C@@H](O)C5)[nH]c4cc3Cl)cc2)cc1)C1COC1. The second-order valence-corrected chi connectivity index (χ2v) is 12.3. The summed E-state index contributed by atoms with van der Waals surface area (Å²) in [6.45, 7) is 0.453. The zero-order valence-electron chi connectivity index (χ0n) is 20.7. The van der Waals surface area contributed by atoms with E-state index in [9.17, 15) is 18.6 Å². The number of aliphatic hydroxyl groups excluding tert-OH is 2. The van der Waals surface area contributed by atoms with Crippen LogP contribution in [0.3, 0.4) is 0 Å². The minimum Gasteiger partial charge on any atom is -0.459 e. The van der Waals surface area contributed by atoms with Gasteiger partial charge in [-0.3, -0.25) is 0 Å². The van der Waals surface area contributed by atoms with Gasteiger partial charge in [-0.1, -0.05) is 48.0 Å². The summed E-state index contributed by atoms with van der Waals surface area (Å²) >= 11 is 6.56. The van der Waals surface area contributed by atoms with Crippen molar-refractivity contribution in [1.82, 2.24) is 15.0 Å². The van der Waals surface area contributed by atoms with Crippen molar-refractivity contribution >= 4 is 32.6 Å². The molecule has 2 fully saturated rings. The van der Waals surface area contributed by atoms with Crippen LogP contribution < -0.4 is 4.74 Å². The number of fused-ring (bicyclic) bond motifs is 1. The molecule has 2 saturated heterocycles. The lowest BCUT2D eigenvalue weighted by Crippen LogP contribution is -2.45. The van der Waals surface area contributed by atoms with Gasteiger partial charge in [0, 0.05) is 12.0 Å². The van der Waals surface area contributed by atoms with Crippen molar-refractivity contribution in [3.8, 4) is 28.4 Å². The van der Waals surface area contributed by atoms with E-state index in [1.807, 2.05) is 24.3 Å². The van der Waals surface area contributed by atoms with Gasteiger partial charge >= 0.3 is 0 Å². The first-order valence-corrected chi connectivity index (χ1v) is 14.4. The van der Waals surface area contributed by atoms with E-state index in [-0.39, 0.29) is 32.4 Å². The first-order chi connectivity index (χ1) is 18.8. The Labute approximate surface area is 229 Å². The van der Waals surface area contributed by atoms with E-state index in [4.69, 9.17) is 25.8 Å². The average Bonchev–Trinajstić information content (AvgIpc) is 3.28. The summed E-state index contributed by atoms with van der Waals surface area (Å²) in [6.07, 6.45) is -1.55. The summed E-state index contributed by atoms with van der Waals surface area (Å²) in [7, 11) is -3.37. The molecule has 10 nitrogen and oxygen atoms in total. The monoisotopic (exact) mass is 571 g/mol. The molecule has 3 N–H and O–H groups in total. The Morgan fingerprint density at radius 3 is 2.28 bits per heavy atom. The number of nitrogens with one attached hydrogen (secondary N) is 1. The van der Waals surface area contributed by atoms with E-state index in [1.54, 1.807) is 30.3 Å². The second kappa shape index (κ2) is 10.5. The summed E-state index contributed by atoms with van der Waals surface area (Å²) in [5.41, 5.74) is 4.18. The summed E-state index contributed by atoms with van der Waals surface area (Å²) in [6, 6.07) is 16.5. The van der Waals surface area contributed by atoms with Crippen LogP contribution >= 0.6 is 11.6 Å². The lowest BCUT2D eigenvalue weighted by molar-refractivity contribution is -0.131. The molecule has 2 aromatic carbocycles. The summed E-state index contributed by atoms with van der Waals surface area (Å²) < 4.78 is 41.5. The van der Waals surface area contributed by atoms with Gasteiger partial charge in [0.25, 0.3) is 6.01 Å². The molecule has 0 spiro atoms. The third-order valence-corrected chi connectivity index (χ3v) is 9.38. The Morgan fingerprint density at radius 2 is 1.67 bits per heavy atom. The van der Waals surface area contributed by atoms with Gasteiger partial charge < -0.3 is 29.4 Å². The Hall–Kier alpha value is -3.06. The maximum Gasteiger partial charge on any atom is 0.296 e. The highest BCUT2D eigenvalue weighted by Crippen LogP contribution is 2.32. The highest BCUT2D eigenvalue weighted by atomic mass is 35.5. The number of benzene rings is 2. The lowest BCUT2D eigenvalue weighted by Gasteiger charge is -2.31. The van der Waals surface area contributed by atoms with Crippen LogP contribution in [0.25, 0.3) is 33.5 Å². The van der Waals surface area contributed by atoms with Gasteiger partial charge in [0.2, 0.25) is 0 Å². The maximum atomic E-state index is 12.6. The molecule has 6 rings (SSSR count). The molecule has 2 aliphatic heterocycles. The van der Waals surface area contributed by atoms with Crippen molar-refractivity contribution in [3.63, 3.8) is 0 Å². The number of hydrogen-bond acceptors (Lipinski definition) is 9. The quantitative estimate of drug-likeness (QED) is 0.305. The zero-order valence-corrected chi connectivity index (χ0v) is 22.2. The lowest BCUT2D eigenvalue weighted by atomic mass is 10.0. The fourth-order valence-corrected chi connectivity index (χ4v) is 6.35. The molecular formula is C27H26ClN3O7S. The molecule has 0 amide bonds. The van der Waals surface area contributed by atoms with Crippen molar-refractivity contribution in [1.29, 1.82) is 0 Å². The summed E-state index contributed by atoms with van der Waals surface area (Å²) in [5.74, 6) is 0. The number of halogens is 1. The van der Waals surface area contributed by atoms with Crippen LogP contribution in [-0.4, -0.2) is 83.6 Å². The number of H-pyrrole nitrogens is 1. The molecule has 1 unspecified atom stereocenters. The normalized spacial score (nSPS) is 22.1. The fourth-order valence-electron chi connectivity index (χ4n) is 4.64. The Balaban J connectivity index is 1.19. The minimum absolute atomic E-state index is 0.221. The van der Waals surface area contributed by atoms with E-state index in [1.165, 1.54) is 0 Å². The molecular weight excluding hydrogens is 546 g/mol. The molecule has 0 bridgehead atoms. The highest BCUT2D eigenvalue weighted by Gasteiger charge is 2.34. The number of hydrogen-bond donors (Lipinski definition) is 3. The first-order valence-electron chi connectivity index (χ1n) is 12.5. The third-order valence-electron chi connectivity index (χ3n) is 7.01. The van der Waals surface area contributed by atoms with Crippen LogP contribution in [0.1, 0.15) is 6.42 Å². The van der Waals surface area contributed by atoms with E-state index in [2.05, 4.69) is 15.0 Å². The Kier molecular flexibility index (Phi) is 7.04. The summed E-state index contributed by atoms with van der Waals surface area (Å²) in [4.78, 5) is 12.4. The van der Waals surface area contributed by atoms with Crippen LogP contribution in [0.15, 0.2) is 59.5 Å². The van der Waals surface area contributed by atoms with Gasteiger partial charge in [0.15, 0.2) is 15.5 Å². The number of aromatic nitrogens is 3. The molecule has 4 heterocycles. The van der Waals surface area contributed by atoms with Crippen molar-refractivity contribution in [3.05, 3.63) is 59.6 Å². The standard InChI is InChI=1S/C27H26ClN3O7S/c28-21-10-22-26(31-27(29-22)38-18-9-23(33)24(11-32)37-12-18)30-25(21)17-3-1-15(2-4-17)16-5-7-19(8-6-16)39(34,35)20-13-36-14-20/h1-8,10,18,20,23-24,32-33H,9,11-14H2,(H,29,30,31)/t18-,23+,24?/m1/s1. The van der Waals surface area contributed by atoms with Crippen molar-refractivity contribution in [2.45, 2.75) is 34.9 Å². The number of aromatic amines is 1. The van der Waals surface area contributed by atoms with Crippen LogP contribution in [-0.2, 0) is 19.3 Å². The van der Waals surface area contributed by atoms with Gasteiger partial charge in [-0.25, -0.2) is 13.4 Å². The molecule has 39 heavy (non-hydrogen) atoms.